The second kappa shape index (κ2) is 3.09. The molecule has 0 aromatic heterocycles. The van der Waals surface area contributed by atoms with Crippen LogP contribution in [0, 0.1) is 11.6 Å². The summed E-state index contributed by atoms with van der Waals surface area (Å²) in [7, 11) is 0. The van der Waals surface area contributed by atoms with Gasteiger partial charge in [0.05, 0.1) is 4.90 Å². The number of benzene rings is 1. The minimum atomic E-state index is -0.863. The Balaban J connectivity index is 3.29. The predicted octanol–water partition coefficient (Wildman–Crippen LogP) is 2.27. The summed E-state index contributed by atoms with van der Waals surface area (Å²) in [6, 6.07) is 2.37. The molecule has 1 nitrogen and oxygen atoms in total. The molecule has 0 radical (unpaired) electrons. The maximum atomic E-state index is 12.8. The molecule has 0 atom stereocenters. The van der Waals surface area contributed by atoms with Gasteiger partial charge in [0.15, 0.2) is 11.6 Å². The average molecular weight is 175 g/mol. The van der Waals surface area contributed by atoms with Crippen LogP contribution in [0.4, 0.5) is 14.5 Å². The Morgan fingerprint density at radius 2 is 2.00 bits per heavy atom. The number of hydrogen-bond acceptors (Lipinski definition) is 2. The van der Waals surface area contributed by atoms with Gasteiger partial charge in [0.2, 0.25) is 0 Å². The standard InChI is InChI=1S/C7H7F2NS/c1-11-7-5(10)3-2-4(8)6(7)9/h2-3H,10H2,1H3. The van der Waals surface area contributed by atoms with Crippen LogP contribution >= 0.6 is 11.8 Å². The van der Waals surface area contributed by atoms with E-state index < -0.39 is 11.6 Å². The maximum absolute atomic E-state index is 12.8. The van der Waals surface area contributed by atoms with E-state index in [0.29, 0.717) is 0 Å². The van der Waals surface area contributed by atoms with E-state index in [2.05, 4.69) is 0 Å². The zero-order valence-corrected chi connectivity index (χ0v) is 6.71. The average Bonchev–Trinajstić information content (AvgIpc) is 1.99. The second-order valence-corrected chi connectivity index (χ2v) is 2.80. The third-order valence-electron chi connectivity index (χ3n) is 1.28. The summed E-state index contributed by atoms with van der Waals surface area (Å²) in [6.45, 7) is 0. The number of hydrogen-bond donors (Lipinski definition) is 1. The molecule has 0 fully saturated rings. The van der Waals surface area contributed by atoms with E-state index in [1.165, 1.54) is 6.07 Å². The summed E-state index contributed by atoms with van der Waals surface area (Å²) in [5, 5.41) is 0. The largest absolute Gasteiger partial charge is 0.398 e. The molecule has 4 heteroatoms. The zero-order valence-electron chi connectivity index (χ0n) is 5.90. The molecular formula is C7H7F2NS. The molecule has 0 spiro atoms. The lowest BCUT2D eigenvalue weighted by atomic mass is 10.3. The first-order chi connectivity index (χ1) is 5.16. The van der Waals surface area contributed by atoms with Gasteiger partial charge in [-0.25, -0.2) is 8.78 Å². The first kappa shape index (κ1) is 8.33. The molecule has 0 aliphatic heterocycles. The molecule has 1 aromatic rings. The highest BCUT2D eigenvalue weighted by Crippen LogP contribution is 2.27. The van der Waals surface area contributed by atoms with Gasteiger partial charge in [-0.3, -0.25) is 0 Å². The van der Waals surface area contributed by atoms with Gasteiger partial charge in [0.1, 0.15) is 0 Å². The van der Waals surface area contributed by atoms with E-state index in [-0.39, 0.29) is 10.6 Å². The summed E-state index contributed by atoms with van der Waals surface area (Å²) in [5.41, 5.74) is 5.65. The van der Waals surface area contributed by atoms with E-state index in [1.807, 2.05) is 0 Å². The summed E-state index contributed by atoms with van der Waals surface area (Å²) in [6.07, 6.45) is 1.65. The van der Waals surface area contributed by atoms with Crippen LogP contribution in [0.25, 0.3) is 0 Å². The van der Waals surface area contributed by atoms with Gasteiger partial charge >= 0.3 is 0 Å². The molecule has 0 heterocycles. The molecule has 1 aromatic carbocycles. The van der Waals surface area contributed by atoms with Crippen molar-refractivity contribution in [3.63, 3.8) is 0 Å². The first-order valence-electron chi connectivity index (χ1n) is 2.94. The first-order valence-corrected chi connectivity index (χ1v) is 4.16. The van der Waals surface area contributed by atoms with Gasteiger partial charge in [0.25, 0.3) is 0 Å². The lowest BCUT2D eigenvalue weighted by Crippen LogP contribution is -1.94. The molecule has 0 saturated carbocycles. The van der Waals surface area contributed by atoms with Gasteiger partial charge < -0.3 is 5.73 Å². The number of halogens is 2. The molecule has 0 saturated heterocycles. The normalized spacial score (nSPS) is 10.1. The van der Waals surface area contributed by atoms with E-state index in [1.54, 1.807) is 6.26 Å². The van der Waals surface area contributed by atoms with Crippen molar-refractivity contribution in [2.75, 3.05) is 12.0 Å². The van der Waals surface area contributed by atoms with Crippen LogP contribution in [0.2, 0.25) is 0 Å². The Bertz CT molecular complexity index is 275. The molecule has 0 unspecified atom stereocenters. The van der Waals surface area contributed by atoms with Crippen molar-refractivity contribution >= 4 is 17.4 Å². The van der Waals surface area contributed by atoms with Crippen molar-refractivity contribution in [3.8, 4) is 0 Å². The van der Waals surface area contributed by atoms with Gasteiger partial charge in [-0.15, -0.1) is 11.8 Å². The highest BCUT2D eigenvalue weighted by atomic mass is 32.2. The third kappa shape index (κ3) is 1.45. The van der Waals surface area contributed by atoms with E-state index in [4.69, 9.17) is 5.73 Å². The quantitative estimate of drug-likeness (QED) is 0.523. The molecular weight excluding hydrogens is 168 g/mol. The third-order valence-corrected chi connectivity index (χ3v) is 2.11. The molecule has 11 heavy (non-hydrogen) atoms. The minimum absolute atomic E-state index is 0.171. The highest BCUT2D eigenvalue weighted by Gasteiger charge is 2.09. The van der Waals surface area contributed by atoms with Gasteiger partial charge in [0, 0.05) is 5.69 Å². The molecule has 0 bridgehead atoms. The molecule has 60 valence electrons. The highest BCUT2D eigenvalue weighted by molar-refractivity contribution is 7.98. The molecule has 1 rings (SSSR count). The van der Waals surface area contributed by atoms with Crippen LogP contribution in [0.15, 0.2) is 17.0 Å². The van der Waals surface area contributed by atoms with Gasteiger partial charge in [-0.1, -0.05) is 0 Å². The number of anilines is 1. The van der Waals surface area contributed by atoms with Crippen LogP contribution in [0.5, 0.6) is 0 Å². The molecule has 0 aliphatic carbocycles. The monoisotopic (exact) mass is 175 g/mol. The predicted molar refractivity (Wildman–Crippen MR) is 42.6 cm³/mol. The Labute approximate surface area is 67.6 Å². The smallest absolute Gasteiger partial charge is 0.174 e. The van der Waals surface area contributed by atoms with E-state index in [9.17, 15) is 8.78 Å². The zero-order chi connectivity index (χ0) is 8.43. The topological polar surface area (TPSA) is 26.0 Å². The maximum Gasteiger partial charge on any atom is 0.174 e. The minimum Gasteiger partial charge on any atom is -0.398 e. The van der Waals surface area contributed by atoms with Crippen molar-refractivity contribution in [3.05, 3.63) is 23.8 Å². The second-order valence-electron chi connectivity index (χ2n) is 1.98. The van der Waals surface area contributed by atoms with E-state index >= 15 is 0 Å². The van der Waals surface area contributed by atoms with Crippen molar-refractivity contribution in [1.29, 1.82) is 0 Å². The van der Waals surface area contributed by atoms with Crippen molar-refractivity contribution < 1.29 is 8.78 Å². The number of nitrogens with two attached hydrogens (primary N) is 1. The summed E-state index contributed by atoms with van der Waals surface area (Å²) in [5.74, 6) is -1.72. The van der Waals surface area contributed by atoms with Crippen LogP contribution in [0.3, 0.4) is 0 Å². The van der Waals surface area contributed by atoms with Crippen LogP contribution < -0.4 is 5.73 Å². The van der Waals surface area contributed by atoms with Gasteiger partial charge in [-0.2, -0.15) is 0 Å². The van der Waals surface area contributed by atoms with Crippen LogP contribution in [-0.4, -0.2) is 6.26 Å². The number of nitrogen functional groups attached to an aromatic ring is 1. The van der Waals surface area contributed by atoms with Crippen LogP contribution in [-0.2, 0) is 0 Å². The number of thioether (sulfide) groups is 1. The van der Waals surface area contributed by atoms with Crippen molar-refractivity contribution in [2.24, 2.45) is 0 Å². The summed E-state index contributed by atoms with van der Waals surface area (Å²) >= 11 is 1.10. The Kier molecular flexibility index (Phi) is 2.34. The van der Waals surface area contributed by atoms with Crippen LogP contribution in [0.1, 0.15) is 0 Å². The fourth-order valence-electron chi connectivity index (χ4n) is 0.754. The Morgan fingerprint density at radius 1 is 1.36 bits per heavy atom. The fourth-order valence-corrected chi connectivity index (χ4v) is 1.33. The summed E-state index contributed by atoms with van der Waals surface area (Å²) in [4.78, 5) is 0.171. The Hall–Kier alpha value is -0.770. The van der Waals surface area contributed by atoms with Crippen molar-refractivity contribution in [1.82, 2.24) is 0 Å². The SMILES string of the molecule is CSc1c(N)ccc(F)c1F. The van der Waals surface area contributed by atoms with Crippen molar-refractivity contribution in [2.45, 2.75) is 4.90 Å². The number of rotatable bonds is 1. The fraction of sp³-hybridized carbons (Fsp3) is 0.143. The van der Waals surface area contributed by atoms with Gasteiger partial charge in [-0.05, 0) is 18.4 Å². The Morgan fingerprint density at radius 3 is 2.45 bits per heavy atom. The molecule has 0 amide bonds. The molecule has 0 aliphatic rings. The lowest BCUT2D eigenvalue weighted by Gasteiger charge is -2.02. The lowest BCUT2D eigenvalue weighted by molar-refractivity contribution is 0.493. The van der Waals surface area contributed by atoms with E-state index in [0.717, 1.165) is 17.8 Å². The molecule has 2 N–H and O–H groups in total. The summed E-state index contributed by atoms with van der Waals surface area (Å²) < 4.78 is 25.3.